The minimum absolute atomic E-state index is 0.0202. The Morgan fingerprint density at radius 1 is 1.36 bits per heavy atom. The van der Waals surface area contributed by atoms with Crippen molar-refractivity contribution in [1.82, 2.24) is 4.90 Å². The molecule has 1 unspecified atom stereocenters. The van der Waals surface area contributed by atoms with Crippen molar-refractivity contribution < 1.29 is 4.79 Å². The van der Waals surface area contributed by atoms with E-state index in [0.29, 0.717) is 6.54 Å². The highest BCUT2D eigenvalue weighted by molar-refractivity contribution is 5.79. The number of nitrogens with two attached hydrogens (primary N) is 1. The van der Waals surface area contributed by atoms with E-state index < -0.39 is 0 Å². The summed E-state index contributed by atoms with van der Waals surface area (Å²) < 4.78 is 0. The van der Waals surface area contributed by atoms with Gasteiger partial charge in [-0.2, -0.15) is 0 Å². The van der Waals surface area contributed by atoms with Gasteiger partial charge in [0.15, 0.2) is 0 Å². The van der Waals surface area contributed by atoms with E-state index in [0.717, 1.165) is 32.4 Å². The normalized spacial score (nSPS) is 12.6. The van der Waals surface area contributed by atoms with Crippen LogP contribution in [0.2, 0.25) is 0 Å². The van der Waals surface area contributed by atoms with E-state index in [-0.39, 0.29) is 11.8 Å². The van der Waals surface area contributed by atoms with Gasteiger partial charge in [0.2, 0.25) is 5.91 Å². The fourth-order valence-electron chi connectivity index (χ4n) is 1.47. The minimum atomic E-state index is 0.0202. The third-order valence-electron chi connectivity index (χ3n) is 2.60. The monoisotopic (exact) mass is 200 g/mol. The summed E-state index contributed by atoms with van der Waals surface area (Å²) in [5.41, 5.74) is 5.56. The minimum Gasteiger partial charge on any atom is -0.343 e. The summed E-state index contributed by atoms with van der Waals surface area (Å²) in [5, 5.41) is 0. The van der Waals surface area contributed by atoms with Gasteiger partial charge in [-0.15, -0.1) is 0 Å². The second kappa shape index (κ2) is 7.80. The summed E-state index contributed by atoms with van der Waals surface area (Å²) in [4.78, 5) is 13.8. The molecule has 0 aromatic carbocycles. The molecule has 0 saturated heterocycles. The average Bonchev–Trinajstić information content (AvgIpc) is 2.21. The number of carbonyl (C=O) groups is 1. The van der Waals surface area contributed by atoms with Crippen molar-refractivity contribution in [2.75, 3.05) is 19.6 Å². The van der Waals surface area contributed by atoms with Crippen molar-refractivity contribution in [2.24, 2.45) is 11.7 Å². The number of rotatable bonds is 7. The number of carbonyl (C=O) groups excluding carboxylic acids is 1. The second-order valence-electron chi connectivity index (χ2n) is 3.61. The molecule has 0 aliphatic rings. The molecule has 1 amide bonds. The van der Waals surface area contributed by atoms with Gasteiger partial charge in [-0.25, -0.2) is 0 Å². The number of unbranched alkanes of at least 4 members (excludes halogenated alkanes) is 1. The molecule has 0 fully saturated rings. The molecule has 0 rings (SSSR count). The van der Waals surface area contributed by atoms with Gasteiger partial charge in [-0.3, -0.25) is 4.79 Å². The molecule has 0 radical (unpaired) electrons. The Hall–Kier alpha value is -0.570. The molecule has 0 aromatic rings. The van der Waals surface area contributed by atoms with E-state index in [9.17, 15) is 4.79 Å². The van der Waals surface area contributed by atoms with Crippen LogP contribution >= 0.6 is 0 Å². The summed E-state index contributed by atoms with van der Waals surface area (Å²) >= 11 is 0. The summed E-state index contributed by atoms with van der Waals surface area (Å²) in [6.07, 6.45) is 3.06. The van der Waals surface area contributed by atoms with E-state index in [4.69, 9.17) is 5.73 Å². The number of hydrogen-bond acceptors (Lipinski definition) is 2. The Labute approximate surface area is 87.6 Å². The van der Waals surface area contributed by atoms with Crippen LogP contribution in [0, 0.1) is 5.92 Å². The van der Waals surface area contributed by atoms with Crippen molar-refractivity contribution in [3.05, 3.63) is 0 Å². The average molecular weight is 200 g/mol. The maximum absolute atomic E-state index is 11.9. The molecular formula is C11H24N2O. The maximum Gasteiger partial charge on any atom is 0.226 e. The highest BCUT2D eigenvalue weighted by atomic mass is 16.2. The number of hydrogen-bond donors (Lipinski definition) is 1. The van der Waals surface area contributed by atoms with Crippen molar-refractivity contribution in [2.45, 2.75) is 40.0 Å². The summed E-state index contributed by atoms with van der Waals surface area (Å²) in [6, 6.07) is 0. The zero-order valence-corrected chi connectivity index (χ0v) is 9.75. The van der Waals surface area contributed by atoms with Crippen molar-refractivity contribution in [3.63, 3.8) is 0 Å². The van der Waals surface area contributed by atoms with Gasteiger partial charge in [0.05, 0.1) is 5.92 Å². The lowest BCUT2D eigenvalue weighted by atomic mass is 10.1. The van der Waals surface area contributed by atoms with Crippen LogP contribution in [0.1, 0.15) is 40.0 Å². The smallest absolute Gasteiger partial charge is 0.226 e. The Morgan fingerprint density at radius 2 is 2.00 bits per heavy atom. The lowest BCUT2D eigenvalue weighted by molar-refractivity contribution is -0.135. The Morgan fingerprint density at radius 3 is 2.36 bits per heavy atom. The highest BCUT2D eigenvalue weighted by Gasteiger charge is 2.19. The fraction of sp³-hybridized carbons (Fsp3) is 0.909. The van der Waals surface area contributed by atoms with Crippen LogP contribution in [-0.2, 0) is 4.79 Å². The molecule has 0 saturated carbocycles. The maximum atomic E-state index is 11.9. The zero-order chi connectivity index (χ0) is 11.0. The molecule has 1 atom stereocenters. The van der Waals surface area contributed by atoms with Gasteiger partial charge in [-0.1, -0.05) is 20.3 Å². The van der Waals surface area contributed by atoms with Gasteiger partial charge < -0.3 is 10.6 Å². The summed E-state index contributed by atoms with van der Waals surface area (Å²) in [7, 11) is 0. The van der Waals surface area contributed by atoms with Gasteiger partial charge in [0, 0.05) is 19.6 Å². The third-order valence-corrected chi connectivity index (χ3v) is 2.60. The van der Waals surface area contributed by atoms with Gasteiger partial charge in [0.25, 0.3) is 0 Å². The van der Waals surface area contributed by atoms with E-state index >= 15 is 0 Å². The molecule has 0 heterocycles. The molecular weight excluding hydrogens is 176 g/mol. The topological polar surface area (TPSA) is 46.3 Å². The molecule has 0 aromatic heterocycles. The molecule has 14 heavy (non-hydrogen) atoms. The molecule has 0 bridgehead atoms. The Kier molecular flexibility index (Phi) is 7.48. The molecule has 3 heteroatoms. The first-order valence-corrected chi connectivity index (χ1v) is 5.69. The van der Waals surface area contributed by atoms with Gasteiger partial charge in [0.1, 0.15) is 0 Å². The van der Waals surface area contributed by atoms with Crippen LogP contribution in [0.15, 0.2) is 0 Å². The number of amides is 1. The predicted molar refractivity (Wildman–Crippen MR) is 60.0 cm³/mol. The lowest BCUT2D eigenvalue weighted by Gasteiger charge is -2.24. The molecule has 84 valence electrons. The third kappa shape index (κ3) is 4.09. The van der Waals surface area contributed by atoms with Crippen LogP contribution in [-0.4, -0.2) is 30.4 Å². The van der Waals surface area contributed by atoms with E-state index in [2.05, 4.69) is 6.92 Å². The van der Waals surface area contributed by atoms with Crippen LogP contribution in [0.4, 0.5) is 0 Å². The largest absolute Gasteiger partial charge is 0.343 e. The lowest BCUT2D eigenvalue weighted by Crippen LogP contribution is -2.39. The van der Waals surface area contributed by atoms with Crippen molar-refractivity contribution >= 4 is 5.91 Å². The van der Waals surface area contributed by atoms with Gasteiger partial charge >= 0.3 is 0 Å². The molecule has 0 spiro atoms. The van der Waals surface area contributed by atoms with E-state index in [1.54, 1.807) is 0 Å². The molecule has 0 aliphatic carbocycles. The van der Waals surface area contributed by atoms with Crippen LogP contribution < -0.4 is 5.73 Å². The Balaban J connectivity index is 4.13. The zero-order valence-electron chi connectivity index (χ0n) is 9.75. The fourth-order valence-corrected chi connectivity index (χ4v) is 1.47. The molecule has 3 nitrogen and oxygen atoms in total. The first-order valence-electron chi connectivity index (χ1n) is 5.69. The molecule has 2 N–H and O–H groups in total. The van der Waals surface area contributed by atoms with Gasteiger partial charge in [-0.05, 0) is 19.8 Å². The van der Waals surface area contributed by atoms with Crippen LogP contribution in [0.5, 0.6) is 0 Å². The summed E-state index contributed by atoms with van der Waals surface area (Å²) in [5.74, 6) is 0.248. The molecule has 0 aliphatic heterocycles. The quantitative estimate of drug-likeness (QED) is 0.679. The first-order chi connectivity index (χ1) is 6.71. The van der Waals surface area contributed by atoms with Crippen LogP contribution in [0.25, 0.3) is 0 Å². The van der Waals surface area contributed by atoms with Crippen molar-refractivity contribution in [3.8, 4) is 0 Å². The predicted octanol–water partition coefficient (Wildman–Crippen LogP) is 1.62. The highest BCUT2D eigenvalue weighted by Crippen LogP contribution is 2.07. The Bertz CT molecular complexity index is 155. The van der Waals surface area contributed by atoms with E-state index in [1.165, 1.54) is 0 Å². The van der Waals surface area contributed by atoms with Crippen molar-refractivity contribution in [1.29, 1.82) is 0 Å². The van der Waals surface area contributed by atoms with E-state index in [1.807, 2.05) is 18.7 Å². The standard InChI is InChI=1S/C11H24N2O/c1-4-7-8-13(6-3)11(14)10(5-2)9-12/h10H,4-9,12H2,1-3H3. The SMILES string of the molecule is CCCCN(CC)C(=O)C(CC)CN. The number of nitrogens with zero attached hydrogens (tertiary/aromatic N) is 1. The van der Waals surface area contributed by atoms with Crippen LogP contribution in [0.3, 0.4) is 0 Å². The second-order valence-corrected chi connectivity index (χ2v) is 3.61. The first kappa shape index (κ1) is 13.4. The summed E-state index contributed by atoms with van der Waals surface area (Å²) in [6.45, 7) is 8.33.